The van der Waals surface area contributed by atoms with Gasteiger partial charge >= 0.3 is 0 Å². The third-order valence-corrected chi connectivity index (χ3v) is 5.58. The normalized spacial score (nSPS) is 17.8. The summed E-state index contributed by atoms with van der Waals surface area (Å²) < 4.78 is 7.58. The summed E-state index contributed by atoms with van der Waals surface area (Å²) >= 11 is 12.4. The van der Waals surface area contributed by atoms with Gasteiger partial charge in [0.2, 0.25) is 5.91 Å². The number of benzene rings is 2. The molecule has 0 aliphatic carbocycles. The molecular weight excluding hydrogens is 397 g/mol. The van der Waals surface area contributed by atoms with Gasteiger partial charge in [0.15, 0.2) is 0 Å². The van der Waals surface area contributed by atoms with Gasteiger partial charge in [0, 0.05) is 16.7 Å². The lowest BCUT2D eigenvalue weighted by Crippen LogP contribution is -2.36. The Bertz CT molecular complexity index is 1010. The van der Waals surface area contributed by atoms with E-state index in [2.05, 4.69) is 9.88 Å². The van der Waals surface area contributed by atoms with E-state index >= 15 is 0 Å². The second kappa shape index (κ2) is 8.11. The van der Waals surface area contributed by atoms with Crippen molar-refractivity contribution in [1.29, 1.82) is 0 Å². The van der Waals surface area contributed by atoms with Crippen molar-refractivity contribution >= 4 is 40.1 Å². The number of nitrogens with one attached hydrogen (secondary N) is 1. The molecule has 0 spiro atoms. The number of para-hydroxylation sites is 2. The van der Waals surface area contributed by atoms with Crippen molar-refractivity contribution in [2.75, 3.05) is 6.61 Å². The monoisotopic (exact) mass is 417 g/mol. The second-order valence-electron chi connectivity index (χ2n) is 7.01. The van der Waals surface area contributed by atoms with Gasteiger partial charge in [0.25, 0.3) is 0 Å². The van der Waals surface area contributed by atoms with E-state index in [4.69, 9.17) is 32.9 Å². The van der Waals surface area contributed by atoms with Crippen LogP contribution in [0.3, 0.4) is 0 Å². The van der Waals surface area contributed by atoms with Gasteiger partial charge in [-0.25, -0.2) is 4.98 Å². The molecule has 146 valence electrons. The standard InChI is InChI=1S/C21H21Cl2N3O2/c1-13(24-21(27)19-7-4-10-28-19)20-25-17-5-2-3-6-18(17)26(20)12-14-8-9-15(22)11-16(14)23/h2-3,5-6,8-9,11,13,19H,4,7,10,12H2,1H3,(H,24,27). The fourth-order valence-corrected chi connectivity index (χ4v) is 4.03. The Labute approximate surface area is 173 Å². The number of imidazole rings is 1. The predicted octanol–water partition coefficient (Wildman–Crippen LogP) is 4.75. The minimum Gasteiger partial charge on any atom is -0.368 e. The summed E-state index contributed by atoms with van der Waals surface area (Å²) in [6.45, 7) is 3.11. The van der Waals surface area contributed by atoms with Crippen LogP contribution in [0.25, 0.3) is 11.0 Å². The van der Waals surface area contributed by atoms with E-state index in [0.717, 1.165) is 35.3 Å². The van der Waals surface area contributed by atoms with Crippen LogP contribution in [-0.4, -0.2) is 28.2 Å². The number of ether oxygens (including phenoxy) is 1. The Morgan fingerprint density at radius 1 is 1.32 bits per heavy atom. The van der Waals surface area contributed by atoms with Gasteiger partial charge in [0.1, 0.15) is 11.9 Å². The van der Waals surface area contributed by atoms with Gasteiger partial charge in [-0.05, 0) is 49.6 Å². The van der Waals surface area contributed by atoms with Gasteiger partial charge in [0.05, 0.1) is 23.6 Å². The molecule has 5 nitrogen and oxygen atoms in total. The molecular formula is C21H21Cl2N3O2. The first kappa shape index (κ1) is 19.2. The lowest BCUT2D eigenvalue weighted by molar-refractivity contribution is -0.130. The number of carbonyl (C=O) groups excluding carboxylic acids is 1. The lowest BCUT2D eigenvalue weighted by atomic mass is 10.2. The number of hydrogen-bond donors (Lipinski definition) is 1. The number of hydrogen-bond acceptors (Lipinski definition) is 3. The lowest BCUT2D eigenvalue weighted by Gasteiger charge is -2.19. The van der Waals surface area contributed by atoms with Crippen LogP contribution >= 0.6 is 23.2 Å². The maximum Gasteiger partial charge on any atom is 0.249 e. The molecule has 0 saturated carbocycles. The van der Waals surface area contributed by atoms with Crippen LogP contribution in [0.15, 0.2) is 42.5 Å². The first-order valence-corrected chi connectivity index (χ1v) is 10.1. The molecule has 28 heavy (non-hydrogen) atoms. The summed E-state index contributed by atoms with van der Waals surface area (Å²) in [5.74, 6) is 0.687. The highest BCUT2D eigenvalue weighted by Crippen LogP contribution is 2.27. The number of fused-ring (bicyclic) bond motifs is 1. The average Bonchev–Trinajstić information content (AvgIpc) is 3.32. The summed E-state index contributed by atoms with van der Waals surface area (Å²) in [7, 11) is 0. The van der Waals surface area contributed by atoms with Gasteiger partial charge in [-0.15, -0.1) is 0 Å². The zero-order valence-corrected chi connectivity index (χ0v) is 17.0. The number of carbonyl (C=O) groups is 1. The molecule has 3 aromatic rings. The molecule has 2 aromatic carbocycles. The highest BCUT2D eigenvalue weighted by atomic mass is 35.5. The number of halogens is 2. The minimum atomic E-state index is -0.369. The van der Waals surface area contributed by atoms with E-state index in [0.29, 0.717) is 23.2 Å². The topological polar surface area (TPSA) is 56.1 Å². The third-order valence-electron chi connectivity index (χ3n) is 5.00. The molecule has 1 aliphatic heterocycles. The summed E-state index contributed by atoms with van der Waals surface area (Å²) in [5, 5.41) is 4.25. The molecule has 2 atom stereocenters. The molecule has 0 radical (unpaired) electrons. The Balaban J connectivity index is 1.67. The van der Waals surface area contributed by atoms with Gasteiger partial charge in [-0.2, -0.15) is 0 Å². The van der Waals surface area contributed by atoms with Crippen LogP contribution in [0.2, 0.25) is 10.0 Å². The molecule has 1 aliphatic rings. The van der Waals surface area contributed by atoms with Crippen molar-refractivity contribution in [3.63, 3.8) is 0 Å². The van der Waals surface area contributed by atoms with Crippen LogP contribution in [0, 0.1) is 0 Å². The van der Waals surface area contributed by atoms with Crippen molar-refractivity contribution in [3.8, 4) is 0 Å². The summed E-state index contributed by atoms with van der Waals surface area (Å²) in [6.07, 6.45) is 1.31. The smallest absolute Gasteiger partial charge is 0.249 e. The second-order valence-corrected chi connectivity index (χ2v) is 7.86. The summed E-state index contributed by atoms with van der Waals surface area (Å²) in [5.41, 5.74) is 2.80. The molecule has 2 unspecified atom stereocenters. The van der Waals surface area contributed by atoms with E-state index < -0.39 is 0 Å². The summed E-state index contributed by atoms with van der Waals surface area (Å²) in [4.78, 5) is 17.3. The van der Waals surface area contributed by atoms with E-state index in [1.165, 1.54) is 0 Å². The largest absolute Gasteiger partial charge is 0.368 e. The quantitative estimate of drug-likeness (QED) is 0.651. The van der Waals surface area contributed by atoms with Crippen molar-refractivity contribution in [1.82, 2.24) is 14.9 Å². The van der Waals surface area contributed by atoms with Crippen LogP contribution < -0.4 is 5.32 Å². The average molecular weight is 418 g/mol. The summed E-state index contributed by atoms with van der Waals surface area (Å²) in [6, 6.07) is 13.1. The van der Waals surface area contributed by atoms with Crippen molar-refractivity contribution in [3.05, 3.63) is 63.9 Å². The number of rotatable bonds is 5. The molecule has 1 N–H and O–H groups in total. The van der Waals surface area contributed by atoms with Gasteiger partial charge < -0.3 is 14.6 Å². The number of amides is 1. The van der Waals surface area contributed by atoms with Crippen molar-refractivity contribution < 1.29 is 9.53 Å². The number of aromatic nitrogens is 2. The minimum absolute atomic E-state index is 0.0897. The Morgan fingerprint density at radius 3 is 2.89 bits per heavy atom. The van der Waals surface area contributed by atoms with E-state index in [1.807, 2.05) is 43.3 Å². The van der Waals surface area contributed by atoms with Crippen LogP contribution in [0.1, 0.15) is 37.2 Å². The molecule has 1 saturated heterocycles. The molecule has 7 heteroatoms. The molecule has 2 heterocycles. The van der Waals surface area contributed by atoms with Crippen LogP contribution in [0.4, 0.5) is 0 Å². The maximum absolute atomic E-state index is 12.5. The first-order chi connectivity index (χ1) is 13.5. The maximum atomic E-state index is 12.5. The van der Waals surface area contributed by atoms with E-state index in [9.17, 15) is 4.79 Å². The van der Waals surface area contributed by atoms with E-state index in [1.54, 1.807) is 6.07 Å². The van der Waals surface area contributed by atoms with Crippen LogP contribution in [-0.2, 0) is 16.1 Å². The Kier molecular flexibility index (Phi) is 5.58. The van der Waals surface area contributed by atoms with Crippen molar-refractivity contribution in [2.45, 2.75) is 38.5 Å². The molecule has 0 bridgehead atoms. The molecule has 1 fully saturated rings. The number of nitrogens with zero attached hydrogens (tertiary/aromatic N) is 2. The molecule has 1 amide bonds. The SMILES string of the molecule is CC(NC(=O)C1CCCO1)c1nc2ccccc2n1Cc1ccc(Cl)cc1Cl. The highest BCUT2D eigenvalue weighted by Gasteiger charge is 2.26. The first-order valence-electron chi connectivity index (χ1n) is 9.34. The molecule has 1 aromatic heterocycles. The predicted molar refractivity (Wildman–Crippen MR) is 111 cm³/mol. The fourth-order valence-electron chi connectivity index (χ4n) is 3.57. The highest BCUT2D eigenvalue weighted by molar-refractivity contribution is 6.35. The third kappa shape index (κ3) is 3.88. The van der Waals surface area contributed by atoms with Gasteiger partial charge in [-0.1, -0.05) is 41.4 Å². The zero-order chi connectivity index (χ0) is 19.7. The molecule has 4 rings (SSSR count). The Morgan fingerprint density at radius 2 is 2.14 bits per heavy atom. The van der Waals surface area contributed by atoms with Crippen LogP contribution in [0.5, 0.6) is 0 Å². The van der Waals surface area contributed by atoms with E-state index in [-0.39, 0.29) is 18.1 Å². The van der Waals surface area contributed by atoms with Gasteiger partial charge in [-0.3, -0.25) is 4.79 Å². The Hall–Kier alpha value is -2.08. The fraction of sp³-hybridized carbons (Fsp3) is 0.333. The van der Waals surface area contributed by atoms with Crippen molar-refractivity contribution in [2.24, 2.45) is 0 Å². The zero-order valence-electron chi connectivity index (χ0n) is 15.5.